The third kappa shape index (κ3) is 63.4. The summed E-state index contributed by atoms with van der Waals surface area (Å²) in [7, 11) is 5.97. The third-order valence-corrected chi connectivity index (χ3v) is 14.0. The van der Waals surface area contributed by atoms with E-state index >= 15 is 0 Å². The number of hydrogen-bond acceptors (Lipinski definition) is 7. The number of carboxylic acids is 1. The highest BCUT2D eigenvalue weighted by Crippen LogP contribution is 2.17. The highest BCUT2D eigenvalue weighted by molar-refractivity contribution is 5.71. The number of ether oxygens (including phenoxy) is 4. The van der Waals surface area contributed by atoms with Gasteiger partial charge in [-0.05, 0) is 96.3 Å². The van der Waals surface area contributed by atoms with Crippen molar-refractivity contribution in [3.63, 3.8) is 0 Å². The second-order valence-corrected chi connectivity index (χ2v) is 23.0. The maximum Gasteiger partial charge on any atom is 0.361 e. The lowest BCUT2D eigenvalue weighted by atomic mass is 10.0. The second kappa shape index (κ2) is 62.0. The van der Waals surface area contributed by atoms with E-state index in [2.05, 4.69) is 123 Å². The van der Waals surface area contributed by atoms with Crippen LogP contribution in [0, 0.1) is 0 Å². The summed E-state index contributed by atoms with van der Waals surface area (Å²) in [4.78, 5) is 37.6. The first-order valence-electron chi connectivity index (χ1n) is 33.1. The Morgan fingerprint density at radius 3 is 0.988 bits per heavy atom. The van der Waals surface area contributed by atoms with E-state index in [1.807, 2.05) is 21.1 Å². The topological polar surface area (TPSA) is 108 Å². The number of carboxylic acid groups (broad SMARTS) is 1. The highest BCUT2D eigenvalue weighted by atomic mass is 16.7. The summed E-state index contributed by atoms with van der Waals surface area (Å²) in [6.07, 6.45) is 83.2. The zero-order valence-corrected chi connectivity index (χ0v) is 52.9. The van der Waals surface area contributed by atoms with Crippen molar-refractivity contribution in [3.8, 4) is 0 Å². The van der Waals surface area contributed by atoms with Crippen molar-refractivity contribution in [1.29, 1.82) is 0 Å². The van der Waals surface area contributed by atoms with E-state index < -0.39 is 24.3 Å². The summed E-state index contributed by atoms with van der Waals surface area (Å²) in [6.45, 7) is 4.66. The van der Waals surface area contributed by atoms with E-state index in [1.165, 1.54) is 135 Å². The van der Waals surface area contributed by atoms with Gasteiger partial charge in [0.1, 0.15) is 13.2 Å². The summed E-state index contributed by atoms with van der Waals surface area (Å²) in [5.41, 5.74) is 0. The molecule has 0 heterocycles. The van der Waals surface area contributed by atoms with Gasteiger partial charge in [0.2, 0.25) is 0 Å². The highest BCUT2D eigenvalue weighted by Gasteiger charge is 2.25. The maximum atomic E-state index is 12.9. The molecule has 0 aliphatic rings. The van der Waals surface area contributed by atoms with Crippen LogP contribution < -0.4 is 0 Å². The summed E-state index contributed by atoms with van der Waals surface area (Å²) < 4.78 is 23.0. The molecule has 0 bridgehead atoms. The minimum absolute atomic E-state index is 0.183. The van der Waals surface area contributed by atoms with Crippen LogP contribution in [0.4, 0.5) is 0 Å². The third-order valence-electron chi connectivity index (χ3n) is 14.0. The van der Waals surface area contributed by atoms with Crippen LogP contribution >= 0.6 is 0 Å². The predicted octanol–water partition coefficient (Wildman–Crippen LogP) is 20.2. The van der Waals surface area contributed by atoms with E-state index in [9.17, 15) is 19.5 Å². The van der Waals surface area contributed by atoms with Crippen LogP contribution in [0.1, 0.15) is 271 Å². The molecule has 0 fully saturated rings. The Morgan fingerprint density at radius 2 is 0.667 bits per heavy atom. The van der Waals surface area contributed by atoms with Crippen LogP contribution in [-0.4, -0.2) is 87.4 Å². The van der Waals surface area contributed by atoms with Gasteiger partial charge in [-0.1, -0.05) is 271 Å². The Bertz CT molecular complexity index is 1700. The summed E-state index contributed by atoms with van der Waals surface area (Å²) in [6, 6.07) is 0. The molecule has 9 heteroatoms. The fourth-order valence-corrected chi connectivity index (χ4v) is 9.03. The molecule has 0 aromatic rings. The molecule has 0 amide bonds. The van der Waals surface area contributed by atoms with Gasteiger partial charge in [0.25, 0.3) is 6.29 Å². The molecule has 9 nitrogen and oxygen atoms in total. The van der Waals surface area contributed by atoms with Crippen molar-refractivity contribution in [3.05, 3.63) is 109 Å². The molecule has 0 aliphatic carbocycles. The van der Waals surface area contributed by atoms with Gasteiger partial charge >= 0.3 is 17.9 Å². The normalized spacial score (nSPS) is 13.4. The summed E-state index contributed by atoms with van der Waals surface area (Å²) in [5.74, 6) is -2.01. The molecule has 464 valence electrons. The number of allylic oxidation sites excluding steroid dienone is 18. The minimum atomic E-state index is -1.52. The summed E-state index contributed by atoms with van der Waals surface area (Å²) in [5, 5.41) is 9.74. The second-order valence-electron chi connectivity index (χ2n) is 23.0. The standard InChI is InChI=1S/C72H123NO8/c1-6-8-10-12-14-16-18-20-22-24-26-28-30-32-34-35-37-38-40-42-44-46-48-50-52-54-56-58-60-62-69(74)79-66-68(67-80-72(71(76)77)78-65-64-73(3,4)5)81-70(75)63-61-59-57-55-53-51-49-47-45-43-41-39-36-33-31-29-27-25-23-21-19-17-15-13-11-9-7-2/h8-11,14-17,20-23,26-29,33,36,68,72H,6-7,12-13,18-19,24-25,30-32,34-35,37-67H2,1-5H3/p+1/b10-8-,11-9-,16-14-,17-15-,22-20-,23-21-,28-26-,29-27-,36-33-. The molecule has 81 heavy (non-hydrogen) atoms. The van der Waals surface area contributed by atoms with Gasteiger partial charge in [-0.3, -0.25) is 9.59 Å². The van der Waals surface area contributed by atoms with Gasteiger partial charge in [0.05, 0.1) is 34.4 Å². The van der Waals surface area contributed by atoms with Gasteiger partial charge in [-0.2, -0.15) is 0 Å². The van der Waals surface area contributed by atoms with E-state index in [4.69, 9.17) is 18.9 Å². The Labute approximate surface area is 498 Å². The van der Waals surface area contributed by atoms with E-state index in [-0.39, 0.29) is 32.2 Å². The van der Waals surface area contributed by atoms with Crippen molar-refractivity contribution in [1.82, 2.24) is 0 Å². The number of nitrogens with zero attached hydrogens (tertiary/aromatic N) is 1. The first-order chi connectivity index (χ1) is 39.6. The lowest BCUT2D eigenvalue weighted by Gasteiger charge is -2.25. The number of carbonyl (C=O) groups excluding carboxylic acids is 2. The first-order valence-corrected chi connectivity index (χ1v) is 33.1. The zero-order valence-electron chi connectivity index (χ0n) is 52.9. The van der Waals surface area contributed by atoms with E-state index in [0.717, 1.165) is 103 Å². The number of unbranched alkanes of at least 4 members (excludes halogenated alkanes) is 27. The molecule has 0 aliphatic heterocycles. The summed E-state index contributed by atoms with van der Waals surface area (Å²) >= 11 is 0. The molecule has 0 spiro atoms. The molecule has 2 atom stereocenters. The van der Waals surface area contributed by atoms with Crippen LogP contribution in [0.5, 0.6) is 0 Å². The van der Waals surface area contributed by atoms with Gasteiger partial charge in [-0.25, -0.2) is 4.79 Å². The number of quaternary nitrogens is 1. The Kier molecular flexibility index (Phi) is 58.9. The van der Waals surface area contributed by atoms with Crippen LogP contribution in [0.2, 0.25) is 0 Å². The van der Waals surface area contributed by atoms with Crippen molar-refractivity contribution in [2.24, 2.45) is 0 Å². The van der Waals surface area contributed by atoms with Crippen molar-refractivity contribution < 1.29 is 42.9 Å². The average Bonchev–Trinajstić information content (AvgIpc) is 3.44. The van der Waals surface area contributed by atoms with Gasteiger partial charge in [-0.15, -0.1) is 0 Å². The Balaban J connectivity index is 4.16. The average molecular weight is 1130 g/mol. The molecule has 0 saturated heterocycles. The smallest absolute Gasteiger partial charge is 0.361 e. The van der Waals surface area contributed by atoms with E-state index in [0.29, 0.717) is 23.9 Å². The Morgan fingerprint density at radius 1 is 0.370 bits per heavy atom. The number of rotatable bonds is 60. The number of hydrogen-bond donors (Lipinski definition) is 1. The lowest BCUT2D eigenvalue weighted by Crippen LogP contribution is -2.40. The predicted molar refractivity (Wildman–Crippen MR) is 345 cm³/mol. The zero-order chi connectivity index (χ0) is 59.1. The molecule has 0 radical (unpaired) electrons. The number of likely N-dealkylation sites (N-methyl/N-ethyl adjacent to an activating group) is 1. The SMILES string of the molecule is CC/C=C\C/C=C\C/C=C\C/C=C\C/C=C\CCCCCCCCCCCCCC(=O)OC(COC(=O)CCCCCCCCCCCCCCCCCC/C=C\C/C=C\C/C=C\C/C=C\CC)COC(OCC[N+](C)(C)C)C(=O)O. The molecular formula is C72H124NO8+. The Hall–Kier alpha value is -4.05. The molecule has 0 rings (SSSR count). The van der Waals surface area contributed by atoms with E-state index in [1.54, 1.807) is 0 Å². The maximum absolute atomic E-state index is 12.9. The molecule has 0 aromatic heterocycles. The van der Waals surface area contributed by atoms with Crippen LogP contribution in [0.3, 0.4) is 0 Å². The first kappa shape index (κ1) is 77.0. The monoisotopic (exact) mass is 1130 g/mol. The molecular weight excluding hydrogens is 1010 g/mol. The minimum Gasteiger partial charge on any atom is -0.477 e. The fraction of sp³-hybridized carbons (Fsp3) is 0.708. The van der Waals surface area contributed by atoms with Gasteiger partial charge in [0.15, 0.2) is 6.10 Å². The lowest BCUT2D eigenvalue weighted by molar-refractivity contribution is -0.870. The van der Waals surface area contributed by atoms with Crippen LogP contribution in [0.25, 0.3) is 0 Å². The largest absolute Gasteiger partial charge is 0.477 e. The van der Waals surface area contributed by atoms with Crippen molar-refractivity contribution in [2.45, 2.75) is 283 Å². The van der Waals surface area contributed by atoms with Gasteiger partial charge in [0, 0.05) is 12.8 Å². The molecule has 0 saturated carbocycles. The fourth-order valence-electron chi connectivity index (χ4n) is 9.03. The molecule has 0 aromatic carbocycles. The molecule has 1 N–H and O–H groups in total. The quantitative estimate of drug-likeness (QED) is 0.0211. The van der Waals surface area contributed by atoms with Gasteiger partial charge < -0.3 is 28.5 Å². The van der Waals surface area contributed by atoms with Crippen molar-refractivity contribution in [2.75, 3.05) is 47.5 Å². The van der Waals surface area contributed by atoms with Crippen molar-refractivity contribution >= 4 is 17.9 Å². The number of aliphatic carboxylic acids is 1. The van der Waals surface area contributed by atoms with Crippen LogP contribution in [0.15, 0.2) is 109 Å². The number of carbonyl (C=O) groups is 3. The number of esters is 2. The molecule has 2 unspecified atom stereocenters. The van der Waals surface area contributed by atoms with Crippen LogP contribution in [-0.2, 0) is 33.3 Å².